The third kappa shape index (κ3) is 9.04. The summed E-state index contributed by atoms with van der Waals surface area (Å²) in [5, 5.41) is 0. The summed E-state index contributed by atoms with van der Waals surface area (Å²) in [7, 11) is 0. The van der Waals surface area contributed by atoms with Gasteiger partial charge in [-0.3, -0.25) is 0 Å². The molecule has 0 aromatic heterocycles. The maximum Gasteiger partial charge on any atom is 0 e. The fourth-order valence-electron chi connectivity index (χ4n) is 0. The third-order valence-corrected chi connectivity index (χ3v) is 0. The van der Waals surface area contributed by atoms with Gasteiger partial charge in [-0.25, -0.2) is 0 Å². The molecule has 0 amide bonds. The molecule has 0 bridgehead atoms. The zero-order valence-corrected chi connectivity index (χ0v) is 9.46. The molecule has 0 N–H and O–H groups in total. The summed E-state index contributed by atoms with van der Waals surface area (Å²) >= 11 is 0. The van der Waals surface area contributed by atoms with Gasteiger partial charge in [0.15, 0.2) is 0 Å². The minimum atomic E-state index is 0. The fraction of sp³-hybridized carbons (Fsp3) is 0. The minimum absolute atomic E-state index is 0. The Bertz CT molecular complexity index is 8.00. The normalized spacial score (nSPS) is 0. The van der Waals surface area contributed by atoms with Gasteiger partial charge in [0.25, 0.3) is 0 Å². The Balaban J connectivity index is 0. The van der Waals surface area contributed by atoms with Crippen molar-refractivity contribution < 1.29 is 33.3 Å². The molecule has 0 unspecified atom stereocenters. The van der Waals surface area contributed by atoms with Crippen molar-refractivity contribution in [3.05, 3.63) is 0 Å². The van der Waals surface area contributed by atoms with E-state index in [1.165, 1.54) is 0 Å². The first-order valence-corrected chi connectivity index (χ1v) is 0. The molecule has 0 heterocycles. The second-order valence-electron chi connectivity index (χ2n) is 0. The molecule has 0 aliphatic heterocycles. The summed E-state index contributed by atoms with van der Waals surface area (Å²) in [5.74, 6) is 0. The van der Waals surface area contributed by atoms with Crippen molar-refractivity contribution in [3.8, 4) is 0 Å². The van der Waals surface area contributed by atoms with Gasteiger partial charge in [0.05, 0.1) is 0 Å². The fourth-order valence-corrected chi connectivity index (χ4v) is 0. The number of hydrogen-bond acceptors (Lipinski definition) is 0. The van der Waals surface area contributed by atoms with E-state index in [-0.39, 0.29) is 67.9 Å². The van der Waals surface area contributed by atoms with Crippen molar-refractivity contribution >= 4 is 34.6 Å². The first-order chi connectivity index (χ1) is 0. The van der Waals surface area contributed by atoms with Crippen molar-refractivity contribution in [2.45, 2.75) is 0 Å². The van der Waals surface area contributed by atoms with Crippen LogP contribution in [0.3, 0.4) is 0 Å². The van der Waals surface area contributed by atoms with E-state index < -0.39 is 0 Å². The molecule has 4 heteroatoms. The van der Waals surface area contributed by atoms with Crippen LogP contribution in [0.2, 0.25) is 0 Å². The average Bonchev–Trinajstić information content (AvgIpc) is 0. The molecule has 4 heavy (non-hydrogen) atoms. The molecule has 0 rings (SSSR count). The minimum Gasteiger partial charge on any atom is 0 e. The van der Waals surface area contributed by atoms with E-state index in [1.54, 1.807) is 0 Å². The van der Waals surface area contributed by atoms with E-state index in [4.69, 9.17) is 0 Å². The van der Waals surface area contributed by atoms with Crippen molar-refractivity contribution in [2.24, 2.45) is 0 Å². The molecule has 0 aromatic carbocycles. The zero-order chi connectivity index (χ0) is 0. The average molecular weight is 340 g/mol. The van der Waals surface area contributed by atoms with Crippen LogP contribution < -0.4 is 0 Å². The van der Waals surface area contributed by atoms with Crippen molar-refractivity contribution in [1.82, 2.24) is 0 Å². The van der Waals surface area contributed by atoms with Crippen LogP contribution in [0.25, 0.3) is 0 Å². The van der Waals surface area contributed by atoms with Crippen molar-refractivity contribution in [2.75, 3.05) is 0 Å². The molecular weight excluding hydrogens is 337 g/mol. The quantitative estimate of drug-likeness (QED) is 0.468. The van der Waals surface area contributed by atoms with Gasteiger partial charge in [-0.1, -0.05) is 0 Å². The number of hydrogen-bond donors (Lipinski definition) is 0. The van der Waals surface area contributed by atoms with Gasteiger partial charge in [0, 0.05) is 41.7 Å². The van der Waals surface area contributed by atoms with Crippen LogP contribution in [0.4, 0.5) is 0 Å². The van der Waals surface area contributed by atoms with Gasteiger partial charge in [0.1, 0.15) is 0 Å². The van der Waals surface area contributed by atoms with Crippen LogP contribution in [0.15, 0.2) is 0 Å². The molecule has 0 spiro atoms. The summed E-state index contributed by atoms with van der Waals surface area (Å²) in [4.78, 5) is 0. The second kappa shape index (κ2) is 20.3. The van der Waals surface area contributed by atoms with Crippen LogP contribution >= 0.6 is 0 Å². The molecule has 0 aliphatic rings. The Morgan fingerprint density at radius 2 is 1.00 bits per heavy atom. The molecule has 30 valence electrons. The van der Waals surface area contributed by atoms with E-state index in [0.29, 0.717) is 0 Å². The maximum atomic E-state index is 0. The van der Waals surface area contributed by atoms with Gasteiger partial charge in [0.2, 0.25) is 0 Å². The van der Waals surface area contributed by atoms with Crippen LogP contribution in [-0.2, 0) is 33.3 Å². The first-order valence-electron chi connectivity index (χ1n) is 0. The Labute approximate surface area is 67.3 Å². The molecule has 0 saturated carbocycles. The summed E-state index contributed by atoms with van der Waals surface area (Å²) in [6, 6.07) is 0. The van der Waals surface area contributed by atoms with E-state index >= 15 is 0 Å². The first kappa shape index (κ1) is 38.4. The topological polar surface area (TPSA) is 0 Å². The summed E-state index contributed by atoms with van der Waals surface area (Å²) < 4.78 is 0. The maximum absolute atomic E-state index is 0. The van der Waals surface area contributed by atoms with Gasteiger partial charge in [-0.05, 0) is 0 Å². The molecule has 4 radical (unpaired) electrons. The Morgan fingerprint density at radius 3 is 1.00 bits per heavy atom. The third-order valence-electron chi connectivity index (χ3n) is 0. The van der Waals surface area contributed by atoms with E-state index in [2.05, 4.69) is 0 Å². The predicted molar refractivity (Wildman–Crippen MR) is 15.7 cm³/mol. The van der Waals surface area contributed by atoms with Crippen molar-refractivity contribution in [1.29, 1.82) is 0 Å². The Morgan fingerprint density at radius 1 is 1.00 bits per heavy atom. The largest absolute Gasteiger partial charge is 0 e. The standard InChI is InChI=1S/B.Bi.Co.Ni.3H. The van der Waals surface area contributed by atoms with E-state index in [0.717, 1.165) is 0 Å². The van der Waals surface area contributed by atoms with Crippen LogP contribution in [-0.4, -0.2) is 34.6 Å². The Kier molecular flexibility index (Phi) is 195. The molecule has 0 aromatic rings. The number of rotatable bonds is 0. The van der Waals surface area contributed by atoms with Gasteiger partial charge in [-0.2, -0.15) is 0 Å². The summed E-state index contributed by atoms with van der Waals surface area (Å²) in [6.07, 6.45) is 0. The van der Waals surface area contributed by atoms with E-state index in [9.17, 15) is 0 Å². The molecule has 0 saturated heterocycles. The summed E-state index contributed by atoms with van der Waals surface area (Å²) in [5.41, 5.74) is 0. The monoisotopic (exact) mass is 340 g/mol. The van der Waals surface area contributed by atoms with E-state index in [1.807, 2.05) is 0 Å². The molecular formula is H3BBiCoNi. The van der Waals surface area contributed by atoms with Gasteiger partial charge >= 0.3 is 26.2 Å². The smallest absolute Gasteiger partial charge is 0 e. The zero-order valence-electron chi connectivity index (χ0n) is 1.93. The van der Waals surface area contributed by atoms with Crippen LogP contribution in [0, 0.1) is 0 Å². The molecule has 0 aliphatic carbocycles. The molecule has 0 fully saturated rings. The van der Waals surface area contributed by atoms with Crippen LogP contribution in [0.1, 0.15) is 0 Å². The molecule has 0 atom stereocenters. The SMILES string of the molecule is [B].[BiH3].[Co].[Ni]. The Hall–Kier alpha value is 1.95. The van der Waals surface area contributed by atoms with Gasteiger partial charge < -0.3 is 0 Å². The predicted octanol–water partition coefficient (Wildman–Crippen LogP) is -1.57. The van der Waals surface area contributed by atoms with Crippen LogP contribution in [0.5, 0.6) is 0 Å². The molecule has 0 nitrogen and oxygen atoms in total. The second-order valence-corrected chi connectivity index (χ2v) is 0. The van der Waals surface area contributed by atoms with Gasteiger partial charge in [-0.15, -0.1) is 0 Å². The van der Waals surface area contributed by atoms with Crippen molar-refractivity contribution in [3.63, 3.8) is 0 Å². The summed E-state index contributed by atoms with van der Waals surface area (Å²) in [6.45, 7) is 0.